The molecule has 3 heterocycles. The molecule has 1 aliphatic heterocycles. The molecular weight excluding hydrogens is 600 g/mol. The molecule has 12 heteroatoms. The number of nitrogens with zero attached hydrogens (tertiary/aromatic N) is 3. The summed E-state index contributed by atoms with van der Waals surface area (Å²) in [7, 11) is 3.71. The van der Waals surface area contributed by atoms with E-state index in [0.717, 1.165) is 42.1 Å². The lowest BCUT2D eigenvalue weighted by Crippen LogP contribution is -2.45. The summed E-state index contributed by atoms with van der Waals surface area (Å²) >= 11 is 0. The standard InChI is InChI=1S/C35H48N6O6/c1-35(2,3)19-26-10-7-11-27-31(26)39-30(36-27)21-41-16-8-13-29(33(41)44)37-32(43)28(12-6-9-25(22-42)20-40(4)5)38-34(45)47-23-24-14-17-46-18-15-24/h7-11,13,16,22,24,28H,6,12,14-15,17-21,23H2,1-5H3,(H,36,39)(H,37,43)(H,38,45)/b25-9+/t28-/m0/s1. The topological polar surface area (TPSA) is 148 Å². The van der Waals surface area contributed by atoms with Crippen LogP contribution in [0.1, 0.15) is 57.8 Å². The minimum Gasteiger partial charge on any atom is -0.449 e. The van der Waals surface area contributed by atoms with Crippen LogP contribution in [0.3, 0.4) is 0 Å². The van der Waals surface area contributed by atoms with Crippen LogP contribution in [0.4, 0.5) is 10.5 Å². The Labute approximate surface area is 275 Å². The van der Waals surface area contributed by atoms with E-state index in [4.69, 9.17) is 14.5 Å². The first-order chi connectivity index (χ1) is 22.4. The predicted molar refractivity (Wildman–Crippen MR) is 181 cm³/mol. The zero-order valence-electron chi connectivity index (χ0n) is 28.1. The molecule has 2 amide bonds. The van der Waals surface area contributed by atoms with Crippen LogP contribution in [0.25, 0.3) is 11.0 Å². The highest BCUT2D eigenvalue weighted by Crippen LogP contribution is 2.25. The number of alkyl carbamates (subject to hydrolysis) is 1. The lowest BCUT2D eigenvalue weighted by Gasteiger charge is -2.23. The quantitative estimate of drug-likeness (QED) is 0.173. The number of para-hydroxylation sites is 1. The number of aromatic amines is 1. The largest absolute Gasteiger partial charge is 0.449 e. The molecule has 3 aromatic rings. The second-order valence-electron chi connectivity index (χ2n) is 13.6. The van der Waals surface area contributed by atoms with Gasteiger partial charge in [0.1, 0.15) is 23.8 Å². The van der Waals surface area contributed by atoms with Gasteiger partial charge in [0.15, 0.2) is 0 Å². The Kier molecular flexibility index (Phi) is 12.5. The van der Waals surface area contributed by atoms with Crippen LogP contribution < -0.4 is 16.2 Å². The van der Waals surface area contributed by atoms with Crippen LogP contribution in [-0.4, -0.2) is 84.2 Å². The van der Waals surface area contributed by atoms with Crippen molar-refractivity contribution < 1.29 is 23.9 Å². The highest BCUT2D eigenvalue weighted by molar-refractivity contribution is 5.96. The van der Waals surface area contributed by atoms with Gasteiger partial charge in [-0.1, -0.05) is 39.0 Å². The van der Waals surface area contributed by atoms with Crippen LogP contribution in [-0.2, 0) is 32.0 Å². The summed E-state index contributed by atoms with van der Waals surface area (Å²) in [6.07, 6.45) is 6.46. The first-order valence-corrected chi connectivity index (χ1v) is 16.2. The zero-order valence-corrected chi connectivity index (χ0v) is 28.1. The number of carbonyl (C=O) groups excluding carboxylic acids is 3. The van der Waals surface area contributed by atoms with Gasteiger partial charge in [-0.3, -0.25) is 14.4 Å². The Hall–Kier alpha value is -4.29. The van der Waals surface area contributed by atoms with E-state index in [2.05, 4.69) is 42.5 Å². The highest BCUT2D eigenvalue weighted by Gasteiger charge is 2.24. The Morgan fingerprint density at radius 2 is 1.96 bits per heavy atom. The van der Waals surface area contributed by atoms with E-state index < -0.39 is 23.6 Å². The lowest BCUT2D eigenvalue weighted by atomic mass is 9.88. The number of hydrogen-bond donors (Lipinski definition) is 3. The van der Waals surface area contributed by atoms with E-state index in [1.54, 1.807) is 18.3 Å². The summed E-state index contributed by atoms with van der Waals surface area (Å²) in [6.45, 7) is 8.65. The number of carbonyl (C=O) groups is 3. The van der Waals surface area contributed by atoms with Crippen LogP contribution >= 0.6 is 0 Å². The average molecular weight is 649 g/mol. The van der Waals surface area contributed by atoms with Crippen molar-refractivity contribution in [1.29, 1.82) is 0 Å². The molecule has 0 bridgehead atoms. The Bertz CT molecular complexity index is 1610. The SMILES string of the molecule is CN(C)C/C(C=O)=C\CC[C@H](NC(=O)OCC1CCOCC1)C(=O)Nc1cccn(Cc2nc3c(CC(C)(C)C)cccc3[nH]2)c1=O. The molecule has 3 N–H and O–H groups in total. The molecule has 0 saturated carbocycles. The molecule has 1 atom stereocenters. The van der Waals surface area contributed by atoms with Gasteiger partial charge in [-0.05, 0) is 81.3 Å². The molecule has 1 aromatic carbocycles. The minimum absolute atomic E-state index is 0.0705. The summed E-state index contributed by atoms with van der Waals surface area (Å²) in [5.41, 5.74) is 3.22. The fourth-order valence-corrected chi connectivity index (χ4v) is 5.58. The van der Waals surface area contributed by atoms with Crippen molar-refractivity contribution in [3.63, 3.8) is 0 Å². The van der Waals surface area contributed by atoms with Crippen molar-refractivity contribution in [3.05, 3.63) is 69.9 Å². The maximum absolute atomic E-state index is 13.5. The number of fused-ring (bicyclic) bond motifs is 1. The molecule has 12 nitrogen and oxygen atoms in total. The van der Waals surface area contributed by atoms with E-state index in [-0.39, 0.29) is 36.6 Å². The second-order valence-corrected chi connectivity index (χ2v) is 13.6. The number of nitrogens with one attached hydrogen (secondary N) is 3. The van der Waals surface area contributed by atoms with Gasteiger partial charge < -0.3 is 34.6 Å². The monoisotopic (exact) mass is 648 g/mol. The molecule has 47 heavy (non-hydrogen) atoms. The van der Waals surface area contributed by atoms with Crippen LogP contribution in [0.15, 0.2) is 53.0 Å². The number of aromatic nitrogens is 3. The van der Waals surface area contributed by atoms with Crippen LogP contribution in [0.5, 0.6) is 0 Å². The molecular formula is C35H48N6O6. The van der Waals surface area contributed by atoms with Crippen LogP contribution in [0, 0.1) is 11.3 Å². The van der Waals surface area contributed by atoms with Crippen molar-refractivity contribution in [2.75, 3.05) is 45.8 Å². The van der Waals surface area contributed by atoms with E-state index in [1.807, 2.05) is 31.1 Å². The van der Waals surface area contributed by atoms with Crippen molar-refractivity contribution in [2.45, 2.75) is 65.5 Å². The maximum atomic E-state index is 13.5. The molecule has 0 unspecified atom stereocenters. The van der Waals surface area contributed by atoms with E-state index in [9.17, 15) is 19.2 Å². The normalized spacial score (nSPS) is 15.1. The molecule has 4 rings (SSSR count). The van der Waals surface area contributed by atoms with Gasteiger partial charge >= 0.3 is 6.09 Å². The number of amides is 2. The number of allylic oxidation sites excluding steroid dienone is 1. The summed E-state index contributed by atoms with van der Waals surface area (Å²) < 4.78 is 12.3. The fraction of sp³-hybridized carbons (Fsp3) is 0.514. The first-order valence-electron chi connectivity index (χ1n) is 16.2. The van der Waals surface area contributed by atoms with Gasteiger partial charge in [-0.25, -0.2) is 9.78 Å². The zero-order chi connectivity index (χ0) is 34.0. The first kappa shape index (κ1) is 35.6. The number of anilines is 1. The van der Waals surface area contributed by atoms with Crippen LogP contribution in [0.2, 0.25) is 0 Å². The number of likely N-dealkylation sites (N-methyl/N-ethyl adjacent to an activating group) is 1. The third-order valence-electron chi connectivity index (χ3n) is 7.88. The number of pyridine rings is 1. The Morgan fingerprint density at radius 1 is 1.19 bits per heavy atom. The van der Waals surface area contributed by atoms with Gasteiger partial charge in [-0.2, -0.15) is 0 Å². The van der Waals surface area contributed by atoms with Gasteiger partial charge in [0.2, 0.25) is 5.91 Å². The number of benzene rings is 1. The highest BCUT2D eigenvalue weighted by atomic mass is 16.5. The van der Waals surface area contributed by atoms with Gasteiger partial charge in [0.25, 0.3) is 5.56 Å². The molecule has 1 saturated heterocycles. The minimum atomic E-state index is -1.01. The Morgan fingerprint density at radius 3 is 2.66 bits per heavy atom. The number of ether oxygens (including phenoxy) is 2. The predicted octanol–water partition coefficient (Wildman–Crippen LogP) is 4.29. The van der Waals surface area contributed by atoms with Gasteiger partial charge in [0, 0.05) is 31.5 Å². The van der Waals surface area contributed by atoms with Crippen molar-refractivity contribution >= 4 is 35.0 Å². The molecule has 1 fully saturated rings. The Balaban J connectivity index is 1.48. The number of hydrogen-bond acceptors (Lipinski definition) is 8. The summed E-state index contributed by atoms with van der Waals surface area (Å²) in [5.74, 6) is 0.256. The summed E-state index contributed by atoms with van der Waals surface area (Å²) in [5, 5.41) is 5.37. The van der Waals surface area contributed by atoms with Crippen molar-refractivity contribution in [2.24, 2.45) is 11.3 Å². The summed E-state index contributed by atoms with van der Waals surface area (Å²) in [4.78, 5) is 61.2. The third kappa shape index (κ3) is 10.9. The fourth-order valence-electron chi connectivity index (χ4n) is 5.58. The van der Waals surface area contributed by atoms with E-state index in [1.165, 1.54) is 10.6 Å². The number of aldehydes is 1. The number of imidazole rings is 1. The number of rotatable bonds is 14. The third-order valence-corrected chi connectivity index (χ3v) is 7.88. The van der Waals surface area contributed by atoms with Gasteiger partial charge in [0.05, 0.1) is 24.2 Å². The molecule has 0 radical (unpaired) electrons. The molecule has 1 aliphatic rings. The maximum Gasteiger partial charge on any atom is 0.407 e. The second kappa shape index (κ2) is 16.5. The molecule has 0 aliphatic carbocycles. The average Bonchev–Trinajstić information content (AvgIpc) is 3.44. The van der Waals surface area contributed by atoms with Crippen molar-refractivity contribution in [3.8, 4) is 0 Å². The molecule has 2 aromatic heterocycles. The number of H-pyrrole nitrogens is 1. The van der Waals surface area contributed by atoms with E-state index >= 15 is 0 Å². The summed E-state index contributed by atoms with van der Waals surface area (Å²) in [6, 6.07) is 8.23. The lowest BCUT2D eigenvalue weighted by molar-refractivity contribution is -0.118. The molecule has 0 spiro atoms. The van der Waals surface area contributed by atoms with E-state index in [0.29, 0.717) is 37.6 Å². The molecule has 254 valence electrons. The smallest absolute Gasteiger partial charge is 0.407 e. The van der Waals surface area contributed by atoms with Gasteiger partial charge in [-0.15, -0.1) is 0 Å². The van der Waals surface area contributed by atoms with Crippen molar-refractivity contribution in [1.82, 2.24) is 24.8 Å².